The Bertz CT molecular complexity index is 750. The van der Waals surface area contributed by atoms with Gasteiger partial charge in [-0.1, -0.05) is 30.3 Å². The van der Waals surface area contributed by atoms with E-state index in [-0.39, 0.29) is 17.6 Å². The van der Waals surface area contributed by atoms with Crippen LogP contribution in [0.2, 0.25) is 0 Å². The zero-order chi connectivity index (χ0) is 17.3. The minimum Gasteiger partial charge on any atom is -0.370 e. The van der Waals surface area contributed by atoms with E-state index in [1.54, 1.807) is 11.3 Å². The zero-order valence-corrected chi connectivity index (χ0v) is 15.3. The number of carbonyl (C=O) groups excluding carboxylic acids is 1. The van der Waals surface area contributed by atoms with Gasteiger partial charge in [-0.25, -0.2) is 0 Å². The number of hydrogen-bond donors (Lipinski definition) is 2. The number of carbonyl (C=O) groups is 1. The predicted molar refractivity (Wildman–Crippen MR) is 100 cm³/mol. The largest absolute Gasteiger partial charge is 0.370 e. The third-order valence-electron chi connectivity index (χ3n) is 5.29. The van der Waals surface area contributed by atoms with Gasteiger partial charge < -0.3 is 15.4 Å². The summed E-state index contributed by atoms with van der Waals surface area (Å²) >= 11 is 1.64. The van der Waals surface area contributed by atoms with Crippen molar-refractivity contribution in [2.45, 2.75) is 37.8 Å². The van der Waals surface area contributed by atoms with Crippen molar-refractivity contribution >= 4 is 17.2 Å². The van der Waals surface area contributed by atoms with E-state index in [9.17, 15) is 4.79 Å². The molecule has 4 rings (SSSR count). The van der Waals surface area contributed by atoms with E-state index in [4.69, 9.17) is 4.74 Å². The molecule has 3 heterocycles. The first-order valence-corrected chi connectivity index (χ1v) is 9.83. The number of nitrogens with one attached hydrogen (secondary N) is 2. The van der Waals surface area contributed by atoms with E-state index in [2.05, 4.69) is 16.7 Å². The highest BCUT2D eigenvalue weighted by atomic mass is 32.1. The molecule has 1 aromatic carbocycles. The fourth-order valence-corrected chi connectivity index (χ4v) is 5.00. The van der Waals surface area contributed by atoms with Crippen LogP contribution in [0.4, 0.5) is 0 Å². The molecule has 2 aliphatic rings. The standard InChI is InChI=1S/C20H24N2O2S/c1-14(15-5-3-2-4-6-15)22-19(23)18-13-16-17(25-18)7-12-24-20(16)8-10-21-11-9-20/h2-6,13-14,21H,7-12H2,1H3,(H,22,23)/t14-/m0/s1. The van der Waals surface area contributed by atoms with Gasteiger partial charge in [0.25, 0.3) is 5.91 Å². The molecule has 0 unspecified atom stereocenters. The Morgan fingerprint density at radius 1 is 1.28 bits per heavy atom. The molecule has 1 amide bonds. The lowest BCUT2D eigenvalue weighted by Gasteiger charge is -2.40. The molecule has 25 heavy (non-hydrogen) atoms. The topological polar surface area (TPSA) is 50.4 Å². The van der Waals surface area contributed by atoms with Gasteiger partial charge in [0, 0.05) is 11.3 Å². The van der Waals surface area contributed by atoms with E-state index in [0.717, 1.165) is 49.4 Å². The van der Waals surface area contributed by atoms with E-state index in [0.29, 0.717) is 0 Å². The molecule has 2 aliphatic heterocycles. The molecule has 0 saturated carbocycles. The Hall–Kier alpha value is -1.69. The van der Waals surface area contributed by atoms with E-state index in [1.807, 2.05) is 37.3 Å². The Labute approximate surface area is 152 Å². The molecule has 0 bridgehead atoms. The minimum atomic E-state index is -0.182. The Morgan fingerprint density at radius 3 is 2.80 bits per heavy atom. The molecule has 1 atom stereocenters. The first-order chi connectivity index (χ1) is 12.2. The predicted octanol–water partition coefficient (Wildman–Crippen LogP) is 3.39. The SMILES string of the molecule is C[C@H](NC(=O)c1cc2c(s1)CCOC21CCNCC1)c1ccccc1. The lowest BCUT2D eigenvalue weighted by molar-refractivity contribution is -0.0792. The van der Waals surface area contributed by atoms with E-state index < -0.39 is 0 Å². The first-order valence-electron chi connectivity index (χ1n) is 9.02. The molecule has 1 spiro atoms. The number of thiophene rings is 1. The van der Waals surface area contributed by atoms with Crippen molar-refractivity contribution in [2.24, 2.45) is 0 Å². The van der Waals surface area contributed by atoms with Crippen molar-refractivity contribution in [3.05, 3.63) is 57.3 Å². The minimum absolute atomic E-state index is 0.00285. The Balaban J connectivity index is 1.55. The highest BCUT2D eigenvalue weighted by molar-refractivity contribution is 7.14. The van der Waals surface area contributed by atoms with Gasteiger partial charge in [0.1, 0.15) is 0 Å². The van der Waals surface area contributed by atoms with Crippen LogP contribution in [0.3, 0.4) is 0 Å². The van der Waals surface area contributed by atoms with Crippen molar-refractivity contribution in [3.63, 3.8) is 0 Å². The summed E-state index contributed by atoms with van der Waals surface area (Å²) in [7, 11) is 0. The third-order valence-corrected chi connectivity index (χ3v) is 6.48. The van der Waals surface area contributed by atoms with E-state index >= 15 is 0 Å². The fourth-order valence-electron chi connectivity index (χ4n) is 3.87. The highest BCUT2D eigenvalue weighted by Gasteiger charge is 2.40. The third kappa shape index (κ3) is 3.24. The van der Waals surface area contributed by atoms with Crippen LogP contribution in [0.15, 0.2) is 36.4 Å². The van der Waals surface area contributed by atoms with Gasteiger partial charge >= 0.3 is 0 Å². The molecule has 0 radical (unpaired) electrons. The molecule has 2 N–H and O–H groups in total. The maximum atomic E-state index is 12.8. The van der Waals surface area contributed by atoms with Crippen LogP contribution >= 0.6 is 11.3 Å². The van der Waals surface area contributed by atoms with Crippen molar-refractivity contribution < 1.29 is 9.53 Å². The smallest absolute Gasteiger partial charge is 0.261 e. The molecule has 1 aromatic heterocycles. The molecule has 2 aromatic rings. The lowest BCUT2D eigenvalue weighted by Crippen LogP contribution is -2.44. The summed E-state index contributed by atoms with van der Waals surface area (Å²) in [5.74, 6) is 0.0137. The van der Waals surface area contributed by atoms with Crippen molar-refractivity contribution in [1.29, 1.82) is 0 Å². The van der Waals surface area contributed by atoms with Crippen molar-refractivity contribution in [3.8, 4) is 0 Å². The second-order valence-electron chi connectivity index (χ2n) is 6.90. The molecule has 5 heteroatoms. The highest BCUT2D eigenvalue weighted by Crippen LogP contribution is 2.43. The summed E-state index contributed by atoms with van der Waals surface area (Å²) < 4.78 is 6.21. The molecule has 132 valence electrons. The second-order valence-corrected chi connectivity index (χ2v) is 8.03. The number of amides is 1. The van der Waals surface area contributed by atoms with Gasteiger partial charge in [-0.05, 0) is 50.0 Å². The van der Waals surface area contributed by atoms with Gasteiger partial charge in [0.15, 0.2) is 0 Å². The number of fused-ring (bicyclic) bond motifs is 2. The maximum Gasteiger partial charge on any atom is 0.261 e. The maximum absolute atomic E-state index is 12.8. The molecular formula is C20H24N2O2S. The first kappa shape index (κ1) is 16.8. The number of benzene rings is 1. The Morgan fingerprint density at radius 2 is 2.04 bits per heavy atom. The van der Waals surface area contributed by atoms with Crippen LogP contribution in [0.5, 0.6) is 0 Å². The van der Waals surface area contributed by atoms with Crippen LogP contribution in [-0.2, 0) is 16.8 Å². The van der Waals surface area contributed by atoms with Gasteiger partial charge in [-0.3, -0.25) is 4.79 Å². The van der Waals surface area contributed by atoms with Crippen LogP contribution in [0.1, 0.15) is 51.5 Å². The second kappa shape index (κ2) is 6.90. The number of piperidine rings is 1. The van der Waals surface area contributed by atoms with Crippen LogP contribution in [-0.4, -0.2) is 25.6 Å². The molecule has 1 saturated heterocycles. The molecule has 1 fully saturated rings. The van der Waals surface area contributed by atoms with E-state index in [1.165, 1.54) is 10.4 Å². The average Bonchev–Trinajstić information content (AvgIpc) is 3.09. The van der Waals surface area contributed by atoms with Crippen LogP contribution < -0.4 is 10.6 Å². The summed E-state index contributed by atoms with van der Waals surface area (Å²) in [5, 5.41) is 6.54. The Kier molecular flexibility index (Phi) is 4.63. The number of rotatable bonds is 3. The fraction of sp³-hybridized carbons (Fsp3) is 0.450. The van der Waals surface area contributed by atoms with Gasteiger partial charge in [0.05, 0.1) is 23.1 Å². The number of hydrogen-bond acceptors (Lipinski definition) is 4. The van der Waals surface area contributed by atoms with Gasteiger partial charge in [0.2, 0.25) is 0 Å². The quantitative estimate of drug-likeness (QED) is 0.886. The summed E-state index contributed by atoms with van der Waals surface area (Å²) in [4.78, 5) is 14.9. The molecular weight excluding hydrogens is 332 g/mol. The lowest BCUT2D eigenvalue weighted by atomic mass is 9.83. The average molecular weight is 356 g/mol. The zero-order valence-electron chi connectivity index (χ0n) is 14.5. The summed E-state index contributed by atoms with van der Waals surface area (Å²) in [6.45, 7) is 4.73. The number of ether oxygens (including phenoxy) is 1. The summed E-state index contributed by atoms with van der Waals surface area (Å²) in [6, 6.07) is 12.2. The molecule has 0 aliphatic carbocycles. The van der Waals surface area contributed by atoms with Gasteiger partial charge in [-0.15, -0.1) is 11.3 Å². The summed E-state index contributed by atoms with van der Waals surface area (Å²) in [5.41, 5.74) is 2.19. The van der Waals surface area contributed by atoms with Crippen LogP contribution in [0.25, 0.3) is 0 Å². The monoisotopic (exact) mass is 356 g/mol. The normalized spacial score (nSPS) is 20.0. The molecule has 4 nitrogen and oxygen atoms in total. The van der Waals surface area contributed by atoms with Crippen molar-refractivity contribution in [1.82, 2.24) is 10.6 Å². The van der Waals surface area contributed by atoms with Gasteiger partial charge in [-0.2, -0.15) is 0 Å². The van der Waals surface area contributed by atoms with Crippen LogP contribution in [0, 0.1) is 0 Å². The summed E-state index contributed by atoms with van der Waals surface area (Å²) in [6.07, 6.45) is 2.88. The van der Waals surface area contributed by atoms with Crippen molar-refractivity contribution in [2.75, 3.05) is 19.7 Å².